The minimum atomic E-state index is 0.184. The molecule has 4 nitrogen and oxygen atoms in total. The molecule has 165 valence electrons. The number of hydrogen-bond donors (Lipinski definition) is 0. The van der Waals surface area contributed by atoms with Gasteiger partial charge in [-0.25, -0.2) is 4.68 Å². The van der Waals surface area contributed by atoms with Crippen molar-refractivity contribution in [3.63, 3.8) is 0 Å². The van der Waals surface area contributed by atoms with Crippen LogP contribution in [0.5, 0.6) is 0 Å². The first-order chi connectivity index (χ1) is 14.5. The van der Waals surface area contributed by atoms with Gasteiger partial charge in [0.15, 0.2) is 0 Å². The zero-order valence-electron chi connectivity index (χ0n) is 18.1. The third-order valence-electron chi connectivity index (χ3n) is 5.39. The van der Waals surface area contributed by atoms with Gasteiger partial charge >= 0.3 is 33.3 Å². The van der Waals surface area contributed by atoms with E-state index in [2.05, 4.69) is 51.0 Å². The Morgan fingerprint density at radius 2 is 1.53 bits per heavy atom. The molecule has 0 bridgehead atoms. The van der Waals surface area contributed by atoms with Crippen LogP contribution in [0, 0.1) is 0 Å². The second kappa shape index (κ2) is 13.3. The number of halogens is 2. The molecule has 30 heavy (non-hydrogen) atoms. The fraction of sp³-hybridized carbons (Fsp3) is 0.478. The molecule has 2 atom stereocenters. The first kappa shape index (κ1) is 25.2. The van der Waals surface area contributed by atoms with Crippen LogP contribution in [0.3, 0.4) is 0 Å². The van der Waals surface area contributed by atoms with E-state index in [0.717, 1.165) is 42.8 Å². The number of para-hydroxylation sites is 1. The maximum atomic E-state index is 5.09. The summed E-state index contributed by atoms with van der Waals surface area (Å²) in [7, 11) is 9.53. The monoisotopic (exact) mass is 489 g/mol. The van der Waals surface area contributed by atoms with E-state index in [0.29, 0.717) is 0 Å². The normalized spacial score (nSPS) is 19.9. The van der Waals surface area contributed by atoms with Gasteiger partial charge in [0.05, 0.1) is 5.69 Å². The molecular weight excluding hydrogens is 459 g/mol. The van der Waals surface area contributed by atoms with Crippen molar-refractivity contribution in [3.8, 4) is 0 Å². The predicted molar refractivity (Wildman–Crippen MR) is 127 cm³/mol. The molecule has 0 amide bonds. The Hall–Kier alpha value is -1.10. The van der Waals surface area contributed by atoms with Crippen LogP contribution in [0.25, 0.3) is 5.32 Å². The number of piperidine rings is 1. The van der Waals surface area contributed by atoms with Crippen molar-refractivity contribution in [2.75, 3.05) is 0 Å². The SMILES string of the molecule is CCc1cccc(CC)c1N=C(C)C1CCCC(/C(C)=N/n2cccc2)[N-]1.[Cl][Fe+][Cl]. The summed E-state index contributed by atoms with van der Waals surface area (Å²) < 4.78 is 1.86. The standard InChI is InChI=1S/C23H31N4.2ClH.Fe/c1-5-19-11-9-12-20(6-2)23(19)24-17(3)21-13-10-14-22(25-21)18(4)26-27-15-7-8-16-27;;;/h7-9,11-12,15-16,21-22H,5-6,10,13-14H2,1-4H3;2*1H;/q-1;;;+3/p-2/b24-17?,26-18+;;;. The Labute approximate surface area is 195 Å². The second-order valence-electron chi connectivity index (χ2n) is 7.35. The minimum absolute atomic E-state index is 0.184. The average molecular weight is 490 g/mol. The number of aryl methyl sites for hydroxylation is 2. The van der Waals surface area contributed by atoms with E-state index < -0.39 is 0 Å². The summed E-state index contributed by atoms with van der Waals surface area (Å²) in [5.41, 5.74) is 6.02. The van der Waals surface area contributed by atoms with Gasteiger partial charge in [0, 0.05) is 18.1 Å². The van der Waals surface area contributed by atoms with E-state index in [4.69, 9.17) is 30.5 Å². The zero-order chi connectivity index (χ0) is 21.9. The Balaban J connectivity index is 0.00000101. The molecule has 2 heterocycles. The Bertz CT molecular complexity index is 811. The molecular formula is C23H31Cl2FeN4. The number of nitrogens with zero attached hydrogens (tertiary/aromatic N) is 4. The first-order valence-corrected chi connectivity index (χ1v) is 13.5. The van der Waals surface area contributed by atoms with Crippen LogP contribution in [-0.2, 0) is 26.0 Å². The molecule has 1 fully saturated rings. The van der Waals surface area contributed by atoms with Gasteiger partial charge < -0.3 is 5.32 Å². The van der Waals surface area contributed by atoms with Crippen LogP contribution < -0.4 is 0 Å². The van der Waals surface area contributed by atoms with Crippen molar-refractivity contribution in [1.29, 1.82) is 0 Å². The maximum absolute atomic E-state index is 5.09. The topological polar surface area (TPSA) is 43.8 Å². The Morgan fingerprint density at radius 3 is 2.07 bits per heavy atom. The third-order valence-corrected chi connectivity index (χ3v) is 5.39. The van der Waals surface area contributed by atoms with E-state index in [1.165, 1.54) is 17.5 Å². The molecule has 2 unspecified atom stereocenters. The van der Waals surface area contributed by atoms with Crippen molar-refractivity contribution in [3.05, 3.63) is 59.2 Å². The van der Waals surface area contributed by atoms with E-state index in [-0.39, 0.29) is 25.2 Å². The van der Waals surface area contributed by atoms with E-state index in [9.17, 15) is 0 Å². The van der Waals surface area contributed by atoms with Crippen molar-refractivity contribution >= 4 is 37.3 Å². The van der Waals surface area contributed by atoms with Crippen molar-refractivity contribution in [2.45, 2.75) is 71.9 Å². The van der Waals surface area contributed by atoms with E-state index in [1.807, 2.05) is 29.2 Å². The van der Waals surface area contributed by atoms with Gasteiger partial charge in [-0.3, -0.25) is 4.99 Å². The van der Waals surface area contributed by atoms with Gasteiger partial charge in [-0.15, -0.1) is 0 Å². The number of hydrogen-bond acceptors (Lipinski definition) is 2. The predicted octanol–water partition coefficient (Wildman–Crippen LogP) is 7.30. The molecule has 0 saturated carbocycles. The molecule has 1 aromatic carbocycles. The third kappa shape index (κ3) is 7.25. The summed E-state index contributed by atoms with van der Waals surface area (Å²) in [6, 6.07) is 10.9. The average Bonchev–Trinajstić information content (AvgIpc) is 3.27. The zero-order valence-corrected chi connectivity index (χ0v) is 20.7. The molecule has 0 spiro atoms. The van der Waals surface area contributed by atoms with Crippen molar-refractivity contribution in [2.24, 2.45) is 10.1 Å². The number of rotatable bonds is 6. The van der Waals surface area contributed by atoms with Gasteiger partial charge in [-0.05, 0) is 55.7 Å². The fourth-order valence-corrected chi connectivity index (χ4v) is 3.75. The molecule has 1 saturated heterocycles. The van der Waals surface area contributed by atoms with Crippen LogP contribution in [0.1, 0.15) is 58.1 Å². The van der Waals surface area contributed by atoms with Crippen LogP contribution in [0.15, 0.2) is 52.8 Å². The van der Waals surface area contributed by atoms with Crippen LogP contribution >= 0.6 is 20.2 Å². The van der Waals surface area contributed by atoms with Gasteiger partial charge in [0.2, 0.25) is 0 Å². The summed E-state index contributed by atoms with van der Waals surface area (Å²) >= 11 is 0.194. The van der Waals surface area contributed by atoms with Crippen LogP contribution in [-0.4, -0.2) is 28.2 Å². The van der Waals surface area contributed by atoms with Gasteiger partial charge in [-0.2, -0.15) is 5.10 Å². The molecule has 1 aromatic heterocycles. The summed E-state index contributed by atoms with van der Waals surface area (Å²) in [5.74, 6) is 0. The number of aliphatic imine (C=N–C) groups is 1. The second-order valence-corrected chi connectivity index (χ2v) is 9.18. The fourth-order valence-electron chi connectivity index (χ4n) is 3.75. The molecule has 1 aliphatic heterocycles. The summed E-state index contributed by atoms with van der Waals surface area (Å²) in [6.45, 7) is 8.63. The first-order valence-electron chi connectivity index (χ1n) is 10.4. The Morgan fingerprint density at radius 1 is 1.00 bits per heavy atom. The van der Waals surface area contributed by atoms with Crippen molar-refractivity contribution in [1.82, 2.24) is 4.68 Å². The summed E-state index contributed by atoms with van der Waals surface area (Å²) in [4.78, 5) is 5.07. The Kier molecular flexibility index (Phi) is 11.2. The molecule has 0 radical (unpaired) electrons. The summed E-state index contributed by atoms with van der Waals surface area (Å²) in [5, 5.41) is 9.77. The molecule has 0 aliphatic carbocycles. The van der Waals surface area contributed by atoms with Gasteiger partial charge in [-0.1, -0.05) is 63.4 Å². The van der Waals surface area contributed by atoms with E-state index >= 15 is 0 Å². The number of aromatic nitrogens is 1. The summed E-state index contributed by atoms with van der Waals surface area (Å²) in [6.07, 6.45) is 9.26. The molecule has 3 rings (SSSR count). The number of benzene rings is 1. The van der Waals surface area contributed by atoms with E-state index in [1.54, 1.807) is 0 Å². The molecule has 7 heteroatoms. The van der Waals surface area contributed by atoms with Crippen LogP contribution in [0.4, 0.5) is 5.69 Å². The quantitative estimate of drug-likeness (QED) is 0.301. The van der Waals surface area contributed by atoms with Gasteiger partial charge in [0.1, 0.15) is 0 Å². The molecule has 2 aromatic rings. The van der Waals surface area contributed by atoms with Crippen molar-refractivity contribution < 1.29 is 13.1 Å². The van der Waals surface area contributed by atoms with Crippen LogP contribution in [0.2, 0.25) is 0 Å². The van der Waals surface area contributed by atoms with Gasteiger partial charge in [0.25, 0.3) is 0 Å². The molecule has 0 N–H and O–H groups in total. The molecule has 1 aliphatic rings.